The molecule has 0 unspecified atom stereocenters. The second kappa shape index (κ2) is 6.26. The Balaban J connectivity index is 1.90. The van der Waals surface area contributed by atoms with E-state index >= 15 is 0 Å². The van der Waals surface area contributed by atoms with Crippen molar-refractivity contribution in [2.24, 2.45) is 5.41 Å². The van der Waals surface area contributed by atoms with E-state index in [1.165, 1.54) is 0 Å². The van der Waals surface area contributed by atoms with Crippen molar-refractivity contribution in [3.05, 3.63) is 11.8 Å². The molecule has 7 nitrogen and oxygen atoms in total. The van der Waals surface area contributed by atoms with E-state index in [-0.39, 0.29) is 18.4 Å². The Morgan fingerprint density at radius 2 is 2.29 bits per heavy atom. The van der Waals surface area contributed by atoms with Crippen LogP contribution in [0.2, 0.25) is 0 Å². The molecule has 2 rings (SSSR count). The van der Waals surface area contributed by atoms with Gasteiger partial charge in [-0.2, -0.15) is 0 Å². The van der Waals surface area contributed by atoms with Gasteiger partial charge in [-0.25, -0.2) is 0 Å². The third-order valence-electron chi connectivity index (χ3n) is 3.81. The highest BCUT2D eigenvalue weighted by atomic mass is 16.5. The highest BCUT2D eigenvalue weighted by Crippen LogP contribution is 2.29. The lowest BCUT2D eigenvalue weighted by Gasteiger charge is -2.38. The summed E-state index contributed by atoms with van der Waals surface area (Å²) >= 11 is 0. The van der Waals surface area contributed by atoms with Gasteiger partial charge < -0.3 is 15.2 Å². The van der Waals surface area contributed by atoms with E-state index in [0.29, 0.717) is 18.1 Å². The van der Waals surface area contributed by atoms with Gasteiger partial charge in [-0.3, -0.25) is 14.5 Å². The second-order valence-corrected chi connectivity index (χ2v) is 5.82. The first kappa shape index (κ1) is 15.5. The van der Waals surface area contributed by atoms with Crippen molar-refractivity contribution >= 4 is 17.6 Å². The molecule has 1 aliphatic rings. The zero-order valence-electron chi connectivity index (χ0n) is 12.7. The van der Waals surface area contributed by atoms with Gasteiger partial charge in [0, 0.05) is 19.7 Å². The number of piperidine rings is 1. The number of likely N-dealkylation sites (tertiary alicyclic amines) is 1. The Labute approximate surface area is 124 Å². The minimum absolute atomic E-state index is 0.0275. The summed E-state index contributed by atoms with van der Waals surface area (Å²) in [6.07, 6.45) is 1.74. The first-order valence-electron chi connectivity index (χ1n) is 7.11. The lowest BCUT2D eigenvalue weighted by atomic mass is 9.81. The number of amides is 2. The van der Waals surface area contributed by atoms with Crippen LogP contribution in [0.4, 0.5) is 5.82 Å². The highest BCUT2D eigenvalue weighted by Gasteiger charge is 2.37. The molecule has 2 N–H and O–H groups in total. The SMILES string of the molecule is CNC(=O)[C@@]1(C)CCCN(CC(=O)Nc2cc(C)on2)C1. The van der Waals surface area contributed by atoms with Gasteiger partial charge in [0.1, 0.15) is 5.76 Å². The molecule has 1 aromatic rings. The van der Waals surface area contributed by atoms with Gasteiger partial charge in [0.15, 0.2) is 5.82 Å². The molecule has 0 radical (unpaired) electrons. The molecule has 0 aliphatic carbocycles. The van der Waals surface area contributed by atoms with Gasteiger partial charge >= 0.3 is 0 Å². The summed E-state index contributed by atoms with van der Waals surface area (Å²) in [6.45, 7) is 5.35. The van der Waals surface area contributed by atoms with Crippen LogP contribution in [0.25, 0.3) is 0 Å². The van der Waals surface area contributed by atoms with Crippen LogP contribution >= 0.6 is 0 Å². The van der Waals surface area contributed by atoms with Crippen LogP contribution in [0, 0.1) is 12.3 Å². The second-order valence-electron chi connectivity index (χ2n) is 5.82. The quantitative estimate of drug-likeness (QED) is 0.856. The molecule has 1 saturated heterocycles. The molecule has 1 aromatic heterocycles. The van der Waals surface area contributed by atoms with Crippen LogP contribution < -0.4 is 10.6 Å². The topological polar surface area (TPSA) is 87.5 Å². The Bertz CT molecular complexity index is 528. The number of rotatable bonds is 4. The minimum atomic E-state index is -0.433. The maximum absolute atomic E-state index is 12.0. The Kier molecular flexibility index (Phi) is 4.62. The Morgan fingerprint density at radius 1 is 1.52 bits per heavy atom. The van der Waals surface area contributed by atoms with Crippen LogP contribution in [0.1, 0.15) is 25.5 Å². The molecule has 7 heteroatoms. The summed E-state index contributed by atoms with van der Waals surface area (Å²) in [5.41, 5.74) is -0.433. The number of carbonyl (C=O) groups is 2. The molecule has 21 heavy (non-hydrogen) atoms. The van der Waals surface area contributed by atoms with E-state index in [1.807, 2.05) is 11.8 Å². The number of hydrogen-bond acceptors (Lipinski definition) is 5. The van der Waals surface area contributed by atoms with E-state index in [9.17, 15) is 9.59 Å². The first-order chi connectivity index (χ1) is 9.93. The minimum Gasteiger partial charge on any atom is -0.360 e. The maximum atomic E-state index is 12.0. The van der Waals surface area contributed by atoms with Crippen molar-refractivity contribution in [1.29, 1.82) is 0 Å². The van der Waals surface area contributed by atoms with Crippen LogP contribution in [0.5, 0.6) is 0 Å². The molecule has 0 saturated carbocycles. The van der Waals surface area contributed by atoms with E-state index < -0.39 is 5.41 Å². The van der Waals surface area contributed by atoms with Crippen LogP contribution in [-0.4, -0.2) is 48.6 Å². The van der Waals surface area contributed by atoms with Gasteiger partial charge in [0.2, 0.25) is 11.8 Å². The lowest BCUT2D eigenvalue weighted by Crippen LogP contribution is -2.51. The highest BCUT2D eigenvalue weighted by molar-refractivity contribution is 5.91. The zero-order chi connectivity index (χ0) is 15.5. The van der Waals surface area contributed by atoms with Crippen molar-refractivity contribution in [1.82, 2.24) is 15.4 Å². The molecule has 1 fully saturated rings. The van der Waals surface area contributed by atoms with Crippen LogP contribution in [0.3, 0.4) is 0 Å². The lowest BCUT2D eigenvalue weighted by molar-refractivity contribution is -0.133. The molecule has 116 valence electrons. The van der Waals surface area contributed by atoms with E-state index in [0.717, 1.165) is 19.4 Å². The van der Waals surface area contributed by atoms with Gasteiger partial charge in [-0.1, -0.05) is 5.16 Å². The average Bonchev–Trinajstić information content (AvgIpc) is 2.83. The van der Waals surface area contributed by atoms with Crippen molar-refractivity contribution in [2.45, 2.75) is 26.7 Å². The predicted molar refractivity (Wildman–Crippen MR) is 77.7 cm³/mol. The summed E-state index contributed by atoms with van der Waals surface area (Å²) < 4.78 is 4.90. The van der Waals surface area contributed by atoms with Crippen molar-refractivity contribution in [2.75, 3.05) is 32.0 Å². The van der Waals surface area contributed by atoms with E-state index in [4.69, 9.17) is 4.52 Å². The van der Waals surface area contributed by atoms with Gasteiger partial charge in [-0.15, -0.1) is 0 Å². The number of nitrogens with zero attached hydrogens (tertiary/aromatic N) is 2. The fourth-order valence-corrected chi connectivity index (χ4v) is 2.78. The number of aryl methyl sites for hydroxylation is 1. The number of hydrogen-bond donors (Lipinski definition) is 2. The molecule has 0 aromatic carbocycles. The van der Waals surface area contributed by atoms with E-state index in [2.05, 4.69) is 15.8 Å². The summed E-state index contributed by atoms with van der Waals surface area (Å²) in [4.78, 5) is 26.0. The van der Waals surface area contributed by atoms with Gasteiger partial charge in [0.25, 0.3) is 0 Å². The largest absolute Gasteiger partial charge is 0.360 e. The van der Waals surface area contributed by atoms with Gasteiger partial charge in [-0.05, 0) is 33.2 Å². The van der Waals surface area contributed by atoms with Gasteiger partial charge in [0.05, 0.1) is 12.0 Å². The normalized spacial score (nSPS) is 22.8. The summed E-state index contributed by atoms with van der Waals surface area (Å²) in [5.74, 6) is 0.947. The third kappa shape index (κ3) is 3.81. The maximum Gasteiger partial charge on any atom is 0.239 e. The average molecular weight is 294 g/mol. The monoisotopic (exact) mass is 294 g/mol. The smallest absolute Gasteiger partial charge is 0.239 e. The summed E-state index contributed by atoms with van der Waals surface area (Å²) in [5, 5.41) is 9.13. The Morgan fingerprint density at radius 3 is 2.90 bits per heavy atom. The number of nitrogens with one attached hydrogen (secondary N) is 2. The summed E-state index contributed by atoms with van der Waals surface area (Å²) in [7, 11) is 1.64. The van der Waals surface area contributed by atoms with Crippen LogP contribution in [-0.2, 0) is 9.59 Å². The van der Waals surface area contributed by atoms with Crippen molar-refractivity contribution < 1.29 is 14.1 Å². The van der Waals surface area contributed by atoms with Crippen molar-refractivity contribution in [3.63, 3.8) is 0 Å². The molecule has 0 spiro atoms. The predicted octanol–water partition coefficient (Wildman–Crippen LogP) is 0.770. The van der Waals surface area contributed by atoms with Crippen LogP contribution in [0.15, 0.2) is 10.6 Å². The molecule has 2 amide bonds. The molecular formula is C14H22N4O3. The fraction of sp³-hybridized carbons (Fsp3) is 0.643. The number of anilines is 1. The Hall–Kier alpha value is -1.89. The molecule has 1 atom stereocenters. The third-order valence-corrected chi connectivity index (χ3v) is 3.81. The van der Waals surface area contributed by atoms with E-state index in [1.54, 1.807) is 20.0 Å². The van der Waals surface area contributed by atoms with Crippen molar-refractivity contribution in [3.8, 4) is 0 Å². The zero-order valence-corrected chi connectivity index (χ0v) is 12.7. The fourth-order valence-electron chi connectivity index (χ4n) is 2.78. The molecular weight excluding hydrogens is 272 g/mol. The summed E-state index contributed by atoms with van der Waals surface area (Å²) in [6, 6.07) is 1.67. The standard InChI is InChI=1S/C14H22N4O3/c1-10-7-11(17-21-10)16-12(19)8-18-6-4-5-14(2,9-18)13(20)15-3/h7H,4-6,8-9H2,1-3H3,(H,15,20)(H,16,17,19)/t14-/m0/s1. The first-order valence-corrected chi connectivity index (χ1v) is 7.11. The molecule has 0 bridgehead atoms. The number of carbonyl (C=O) groups excluding carboxylic acids is 2. The molecule has 2 heterocycles. The molecule has 1 aliphatic heterocycles. The number of aromatic nitrogens is 1.